The molecule has 5 heteroatoms. The van der Waals surface area contributed by atoms with Crippen LogP contribution < -0.4 is 0 Å². The van der Waals surface area contributed by atoms with Crippen molar-refractivity contribution in [1.82, 2.24) is 9.55 Å². The number of imidazole rings is 1. The van der Waals surface area contributed by atoms with Gasteiger partial charge in [-0.25, -0.2) is 14.8 Å². The van der Waals surface area contributed by atoms with Crippen molar-refractivity contribution in [1.29, 1.82) is 0 Å². The zero-order valence-electron chi connectivity index (χ0n) is 8.97. The number of hydrogen-bond donors (Lipinski definition) is 0. The SMILES string of the molecule is COOCc1ccc2c(c1)nc1n2CCS1. The summed E-state index contributed by atoms with van der Waals surface area (Å²) in [6.07, 6.45) is 0. The molecular weight excluding hydrogens is 224 g/mol. The van der Waals surface area contributed by atoms with Gasteiger partial charge in [0.15, 0.2) is 5.16 Å². The maximum Gasteiger partial charge on any atom is 0.169 e. The van der Waals surface area contributed by atoms with Crippen LogP contribution in [0.5, 0.6) is 0 Å². The van der Waals surface area contributed by atoms with E-state index in [1.165, 1.54) is 12.6 Å². The van der Waals surface area contributed by atoms with E-state index in [0.717, 1.165) is 28.5 Å². The summed E-state index contributed by atoms with van der Waals surface area (Å²) in [7, 11) is 1.51. The topological polar surface area (TPSA) is 36.3 Å². The zero-order chi connectivity index (χ0) is 11.0. The molecule has 0 N–H and O–H groups in total. The van der Waals surface area contributed by atoms with Gasteiger partial charge in [0.05, 0.1) is 18.1 Å². The van der Waals surface area contributed by atoms with Crippen LogP contribution in [0.15, 0.2) is 23.4 Å². The van der Waals surface area contributed by atoms with Gasteiger partial charge in [-0.15, -0.1) is 0 Å². The molecule has 16 heavy (non-hydrogen) atoms. The summed E-state index contributed by atoms with van der Waals surface area (Å²) in [5.41, 5.74) is 3.33. The minimum absolute atomic E-state index is 0.460. The van der Waals surface area contributed by atoms with Gasteiger partial charge in [-0.3, -0.25) is 0 Å². The van der Waals surface area contributed by atoms with Crippen molar-refractivity contribution in [3.8, 4) is 0 Å². The van der Waals surface area contributed by atoms with Gasteiger partial charge in [-0.05, 0) is 17.7 Å². The van der Waals surface area contributed by atoms with Crippen LogP contribution in [0, 0.1) is 0 Å². The summed E-state index contributed by atoms with van der Waals surface area (Å²) in [5.74, 6) is 1.13. The summed E-state index contributed by atoms with van der Waals surface area (Å²) >= 11 is 1.81. The summed E-state index contributed by atoms with van der Waals surface area (Å²) in [4.78, 5) is 14.1. The third-order valence-electron chi connectivity index (χ3n) is 2.67. The molecule has 1 aromatic carbocycles. The number of fused-ring (bicyclic) bond motifs is 3. The Balaban J connectivity index is 2.00. The second-order valence-electron chi connectivity index (χ2n) is 3.65. The van der Waals surface area contributed by atoms with E-state index in [1.807, 2.05) is 11.8 Å². The van der Waals surface area contributed by atoms with Gasteiger partial charge in [0, 0.05) is 12.3 Å². The first-order valence-electron chi connectivity index (χ1n) is 5.16. The molecule has 3 rings (SSSR count). The number of benzene rings is 1. The molecule has 1 aromatic heterocycles. The van der Waals surface area contributed by atoms with Crippen LogP contribution in [0.4, 0.5) is 0 Å². The smallest absolute Gasteiger partial charge is 0.169 e. The second-order valence-corrected chi connectivity index (χ2v) is 4.71. The Labute approximate surface area is 97.5 Å². The van der Waals surface area contributed by atoms with E-state index in [4.69, 9.17) is 4.89 Å². The maximum atomic E-state index is 4.91. The lowest BCUT2D eigenvalue weighted by atomic mass is 10.2. The number of nitrogens with zero attached hydrogens (tertiary/aromatic N) is 2. The molecule has 1 aliphatic heterocycles. The fourth-order valence-electron chi connectivity index (χ4n) is 1.92. The Hall–Kier alpha value is -1.04. The summed E-state index contributed by atoms with van der Waals surface area (Å²) in [6, 6.07) is 6.21. The van der Waals surface area contributed by atoms with E-state index < -0.39 is 0 Å². The van der Waals surface area contributed by atoms with Crippen molar-refractivity contribution in [2.75, 3.05) is 12.9 Å². The van der Waals surface area contributed by atoms with Crippen LogP contribution in [0.3, 0.4) is 0 Å². The van der Waals surface area contributed by atoms with Crippen LogP contribution in [0.1, 0.15) is 5.56 Å². The third kappa shape index (κ3) is 1.61. The Morgan fingerprint density at radius 1 is 1.50 bits per heavy atom. The lowest BCUT2D eigenvalue weighted by molar-refractivity contribution is -0.282. The first-order valence-corrected chi connectivity index (χ1v) is 6.14. The molecule has 0 amide bonds. The summed E-state index contributed by atoms with van der Waals surface area (Å²) in [6.45, 7) is 1.52. The fourth-order valence-corrected chi connectivity index (χ4v) is 2.89. The van der Waals surface area contributed by atoms with E-state index in [-0.39, 0.29) is 0 Å². The average molecular weight is 236 g/mol. The normalized spacial score (nSPS) is 14.6. The highest BCUT2D eigenvalue weighted by atomic mass is 32.2. The fraction of sp³-hybridized carbons (Fsp3) is 0.364. The Morgan fingerprint density at radius 3 is 3.31 bits per heavy atom. The van der Waals surface area contributed by atoms with E-state index in [1.54, 1.807) is 0 Å². The highest BCUT2D eigenvalue weighted by Crippen LogP contribution is 2.30. The molecule has 0 saturated carbocycles. The van der Waals surface area contributed by atoms with Crippen LogP contribution in [-0.2, 0) is 22.9 Å². The van der Waals surface area contributed by atoms with Gasteiger partial charge in [0.25, 0.3) is 0 Å². The number of aryl methyl sites for hydroxylation is 1. The predicted molar refractivity (Wildman–Crippen MR) is 62.3 cm³/mol. The van der Waals surface area contributed by atoms with E-state index in [2.05, 4.69) is 32.6 Å². The van der Waals surface area contributed by atoms with E-state index >= 15 is 0 Å². The number of aromatic nitrogens is 2. The van der Waals surface area contributed by atoms with Gasteiger partial charge < -0.3 is 4.57 Å². The molecule has 0 aliphatic carbocycles. The Morgan fingerprint density at radius 2 is 2.44 bits per heavy atom. The van der Waals surface area contributed by atoms with Gasteiger partial charge in [-0.1, -0.05) is 17.8 Å². The Kier molecular flexibility index (Phi) is 2.59. The molecule has 0 atom stereocenters. The van der Waals surface area contributed by atoms with Gasteiger partial charge in [-0.2, -0.15) is 0 Å². The molecule has 84 valence electrons. The third-order valence-corrected chi connectivity index (χ3v) is 3.62. The molecule has 0 unspecified atom stereocenters. The first kappa shape index (κ1) is 10.1. The summed E-state index contributed by atoms with van der Waals surface area (Å²) < 4.78 is 2.26. The minimum atomic E-state index is 0.460. The maximum absolute atomic E-state index is 4.91. The lowest BCUT2D eigenvalue weighted by Crippen LogP contribution is -1.94. The molecule has 0 fully saturated rings. The van der Waals surface area contributed by atoms with Crippen molar-refractivity contribution >= 4 is 22.8 Å². The van der Waals surface area contributed by atoms with Crippen molar-refractivity contribution in [3.05, 3.63) is 23.8 Å². The van der Waals surface area contributed by atoms with Gasteiger partial charge >= 0.3 is 0 Å². The van der Waals surface area contributed by atoms with Crippen molar-refractivity contribution in [2.24, 2.45) is 0 Å². The molecule has 0 spiro atoms. The molecule has 2 heterocycles. The number of thioether (sulfide) groups is 1. The van der Waals surface area contributed by atoms with Gasteiger partial charge in [0.2, 0.25) is 0 Å². The van der Waals surface area contributed by atoms with Crippen LogP contribution in [0.2, 0.25) is 0 Å². The van der Waals surface area contributed by atoms with Gasteiger partial charge in [0.1, 0.15) is 6.61 Å². The largest absolute Gasteiger partial charge is 0.318 e. The average Bonchev–Trinajstić information content (AvgIpc) is 2.85. The molecular formula is C11H12N2O2S. The quantitative estimate of drug-likeness (QED) is 0.605. The molecule has 2 aromatic rings. The predicted octanol–water partition coefficient (Wildman–Crippen LogP) is 2.22. The minimum Gasteiger partial charge on any atom is -0.318 e. The first-order chi connectivity index (χ1) is 7.88. The molecule has 0 bridgehead atoms. The van der Waals surface area contributed by atoms with Crippen molar-refractivity contribution in [2.45, 2.75) is 18.3 Å². The molecule has 0 saturated heterocycles. The number of hydrogen-bond acceptors (Lipinski definition) is 4. The zero-order valence-corrected chi connectivity index (χ0v) is 9.79. The molecule has 0 radical (unpaired) electrons. The Bertz CT molecular complexity index is 524. The van der Waals surface area contributed by atoms with Crippen LogP contribution in [0.25, 0.3) is 11.0 Å². The highest BCUT2D eigenvalue weighted by molar-refractivity contribution is 7.99. The van der Waals surface area contributed by atoms with Crippen LogP contribution in [-0.4, -0.2) is 22.4 Å². The second kappa shape index (κ2) is 4.08. The van der Waals surface area contributed by atoms with Crippen LogP contribution >= 0.6 is 11.8 Å². The molecule has 4 nitrogen and oxygen atoms in total. The van der Waals surface area contributed by atoms with E-state index in [0.29, 0.717) is 6.61 Å². The molecule has 1 aliphatic rings. The highest BCUT2D eigenvalue weighted by Gasteiger charge is 2.16. The lowest BCUT2D eigenvalue weighted by Gasteiger charge is -2.01. The standard InChI is InChI=1S/C11H12N2O2S/c1-14-15-7-8-2-3-10-9(6-8)12-11-13(10)4-5-16-11/h2-3,6H,4-5,7H2,1H3. The summed E-state index contributed by atoms with van der Waals surface area (Å²) in [5, 5.41) is 1.12. The number of rotatable bonds is 3. The monoisotopic (exact) mass is 236 g/mol. The van der Waals surface area contributed by atoms with Crippen molar-refractivity contribution in [3.63, 3.8) is 0 Å². The van der Waals surface area contributed by atoms with Crippen molar-refractivity contribution < 1.29 is 9.78 Å². The van der Waals surface area contributed by atoms with E-state index in [9.17, 15) is 0 Å².